The summed E-state index contributed by atoms with van der Waals surface area (Å²) in [5, 5.41) is 11.3. The van der Waals surface area contributed by atoms with Crippen LogP contribution < -0.4 is 0 Å². The minimum atomic E-state index is -3.82. The molecule has 1 aromatic heterocycles. The summed E-state index contributed by atoms with van der Waals surface area (Å²) < 4.78 is 32.4. The minimum Gasteiger partial charge on any atom is -0.463 e. The van der Waals surface area contributed by atoms with Gasteiger partial charge in [-0.3, -0.25) is 0 Å². The van der Waals surface area contributed by atoms with Gasteiger partial charge in [-0.25, -0.2) is 17.2 Å². The molecule has 0 bridgehead atoms. The van der Waals surface area contributed by atoms with Crippen LogP contribution in [0, 0.1) is 6.92 Å². The van der Waals surface area contributed by atoms with E-state index in [1.54, 1.807) is 55.5 Å². The number of ether oxygens (including phenoxy) is 1. The van der Waals surface area contributed by atoms with Crippen molar-refractivity contribution in [2.75, 3.05) is 6.61 Å². The molecule has 0 amide bonds. The summed E-state index contributed by atoms with van der Waals surface area (Å²) in [4.78, 5) is 11.6. The van der Waals surface area contributed by atoms with Gasteiger partial charge in [0.15, 0.2) is 0 Å². The lowest BCUT2D eigenvalue weighted by atomic mass is 10.1. The van der Waals surface area contributed by atoms with E-state index in [0.29, 0.717) is 16.5 Å². The van der Waals surface area contributed by atoms with Gasteiger partial charge in [0.2, 0.25) is 0 Å². The number of aliphatic hydroxyl groups is 1. The number of benzene rings is 2. The van der Waals surface area contributed by atoms with Crippen molar-refractivity contribution >= 4 is 26.9 Å². The van der Waals surface area contributed by atoms with Crippen LogP contribution >= 0.6 is 0 Å². The molecule has 2 aromatic carbocycles. The van der Waals surface area contributed by atoms with Crippen LogP contribution in [0.15, 0.2) is 71.8 Å². The van der Waals surface area contributed by atoms with Gasteiger partial charge in [0.05, 0.1) is 23.1 Å². The van der Waals surface area contributed by atoms with E-state index in [4.69, 9.17) is 4.74 Å². The van der Waals surface area contributed by atoms with Crippen molar-refractivity contribution < 1.29 is 23.1 Å². The molecule has 0 aliphatic heterocycles. The summed E-state index contributed by atoms with van der Waals surface area (Å²) in [6, 6.07) is 13.6. The van der Waals surface area contributed by atoms with Gasteiger partial charge in [-0.15, -0.1) is 0 Å². The minimum absolute atomic E-state index is 0.150. The maximum atomic E-state index is 13.2. The number of carbonyl (C=O) groups is 1. The molecule has 1 atom stereocenters. The molecule has 0 aliphatic rings. The van der Waals surface area contributed by atoms with Crippen LogP contribution in [0.4, 0.5) is 0 Å². The van der Waals surface area contributed by atoms with Crippen molar-refractivity contribution in [1.29, 1.82) is 0 Å². The van der Waals surface area contributed by atoms with E-state index in [1.165, 1.54) is 22.3 Å². The van der Waals surface area contributed by atoms with Gasteiger partial charge in [-0.1, -0.05) is 42.0 Å². The van der Waals surface area contributed by atoms with Gasteiger partial charge in [0.1, 0.15) is 0 Å². The maximum Gasteiger partial charge on any atom is 0.330 e. The van der Waals surface area contributed by atoms with Crippen molar-refractivity contribution in [2.45, 2.75) is 31.3 Å². The summed E-state index contributed by atoms with van der Waals surface area (Å²) in [6.07, 6.45) is 3.40. The third-order valence-electron chi connectivity index (χ3n) is 4.55. The molecule has 7 heteroatoms. The van der Waals surface area contributed by atoms with Gasteiger partial charge >= 0.3 is 5.97 Å². The van der Waals surface area contributed by atoms with E-state index in [2.05, 4.69) is 0 Å². The number of hydrogen-bond acceptors (Lipinski definition) is 5. The molecule has 3 rings (SSSR count). The Hall–Kier alpha value is -2.90. The molecule has 0 saturated carbocycles. The fourth-order valence-electron chi connectivity index (χ4n) is 3.07. The Morgan fingerprint density at radius 1 is 1.17 bits per heavy atom. The summed E-state index contributed by atoms with van der Waals surface area (Å²) in [5.74, 6) is -0.482. The van der Waals surface area contributed by atoms with Crippen LogP contribution in [0.25, 0.3) is 10.9 Å². The molecule has 1 N–H and O–H groups in total. The third-order valence-corrected chi connectivity index (χ3v) is 6.23. The molecule has 1 heterocycles. The highest BCUT2D eigenvalue weighted by molar-refractivity contribution is 7.90. The molecule has 0 saturated heterocycles. The summed E-state index contributed by atoms with van der Waals surface area (Å²) in [7, 11) is -3.82. The zero-order chi connectivity index (χ0) is 21.0. The standard InChI is InChI=1S/C22H23NO5S/c1-3-28-22(25)10-6-9-21(24)19-15-23(20-8-5-4-7-18(19)20)29(26,27)17-13-11-16(2)12-14-17/h4-8,10-15,21,24H,3,9H2,1-2H3/b10-6+/t21-/m1/s1. The highest BCUT2D eigenvalue weighted by Gasteiger charge is 2.23. The van der Waals surface area contributed by atoms with Crippen LogP contribution in [0.2, 0.25) is 0 Å². The van der Waals surface area contributed by atoms with Crippen molar-refractivity contribution in [1.82, 2.24) is 3.97 Å². The number of aliphatic hydroxyl groups excluding tert-OH is 1. The third kappa shape index (κ3) is 4.41. The summed E-state index contributed by atoms with van der Waals surface area (Å²) >= 11 is 0. The number of rotatable bonds is 7. The second kappa shape index (κ2) is 8.63. The average molecular weight is 413 g/mol. The lowest BCUT2D eigenvalue weighted by Crippen LogP contribution is -2.12. The van der Waals surface area contributed by atoms with E-state index in [0.717, 1.165) is 5.56 Å². The molecular weight excluding hydrogens is 390 g/mol. The summed E-state index contributed by atoms with van der Waals surface area (Å²) in [6.45, 7) is 3.87. The summed E-state index contributed by atoms with van der Waals surface area (Å²) in [5.41, 5.74) is 1.92. The molecule has 0 spiro atoms. The molecule has 152 valence electrons. The molecule has 29 heavy (non-hydrogen) atoms. The topological polar surface area (TPSA) is 85.6 Å². The highest BCUT2D eigenvalue weighted by atomic mass is 32.2. The first-order chi connectivity index (χ1) is 13.8. The van der Waals surface area contributed by atoms with Gasteiger partial charge in [0.25, 0.3) is 10.0 Å². The van der Waals surface area contributed by atoms with E-state index in [1.807, 2.05) is 6.92 Å². The Morgan fingerprint density at radius 2 is 1.86 bits per heavy atom. The van der Waals surface area contributed by atoms with Crippen molar-refractivity contribution in [3.8, 4) is 0 Å². The number of hydrogen-bond donors (Lipinski definition) is 1. The number of para-hydroxylation sites is 1. The molecule has 0 unspecified atom stereocenters. The SMILES string of the molecule is CCOC(=O)/C=C/C[C@@H](O)c1cn(S(=O)(=O)c2ccc(C)cc2)c2ccccc12. The zero-order valence-electron chi connectivity index (χ0n) is 16.3. The van der Waals surface area contributed by atoms with Crippen LogP contribution in [-0.4, -0.2) is 30.1 Å². The van der Waals surface area contributed by atoms with Crippen LogP contribution in [0.3, 0.4) is 0 Å². The Balaban J connectivity index is 1.99. The number of aromatic nitrogens is 1. The number of aryl methyl sites for hydroxylation is 1. The lowest BCUT2D eigenvalue weighted by Gasteiger charge is -2.08. The monoisotopic (exact) mass is 413 g/mol. The van der Waals surface area contributed by atoms with E-state index < -0.39 is 22.1 Å². The molecule has 3 aromatic rings. The predicted molar refractivity (Wildman–Crippen MR) is 111 cm³/mol. The number of carbonyl (C=O) groups excluding carboxylic acids is 1. The number of fused-ring (bicyclic) bond motifs is 1. The van der Waals surface area contributed by atoms with E-state index in [9.17, 15) is 18.3 Å². The number of nitrogens with zero attached hydrogens (tertiary/aromatic N) is 1. The van der Waals surface area contributed by atoms with E-state index in [-0.39, 0.29) is 17.9 Å². The smallest absolute Gasteiger partial charge is 0.330 e. The molecule has 6 nitrogen and oxygen atoms in total. The first-order valence-corrected chi connectivity index (χ1v) is 10.7. The first-order valence-electron chi connectivity index (χ1n) is 9.28. The van der Waals surface area contributed by atoms with E-state index >= 15 is 0 Å². The van der Waals surface area contributed by atoms with Crippen LogP contribution in [0.1, 0.15) is 30.6 Å². The fraction of sp³-hybridized carbons (Fsp3) is 0.227. The lowest BCUT2D eigenvalue weighted by molar-refractivity contribution is -0.137. The van der Waals surface area contributed by atoms with Crippen LogP contribution in [0.5, 0.6) is 0 Å². The Bertz CT molecular complexity index is 1140. The average Bonchev–Trinajstić information content (AvgIpc) is 3.09. The largest absolute Gasteiger partial charge is 0.463 e. The zero-order valence-corrected chi connectivity index (χ0v) is 17.1. The second-order valence-electron chi connectivity index (χ2n) is 6.62. The molecule has 0 radical (unpaired) electrons. The fourth-order valence-corrected chi connectivity index (χ4v) is 4.45. The predicted octanol–water partition coefficient (Wildman–Crippen LogP) is 3.73. The normalized spacial score (nSPS) is 13.1. The highest BCUT2D eigenvalue weighted by Crippen LogP contribution is 2.31. The molecule has 0 fully saturated rings. The van der Waals surface area contributed by atoms with Crippen molar-refractivity contribution in [3.63, 3.8) is 0 Å². The first kappa shape index (κ1) is 20.8. The quantitative estimate of drug-likeness (QED) is 0.471. The Kier molecular flexibility index (Phi) is 6.20. The van der Waals surface area contributed by atoms with Gasteiger partial charge < -0.3 is 9.84 Å². The molecule has 0 aliphatic carbocycles. The van der Waals surface area contributed by atoms with Crippen molar-refractivity contribution in [3.05, 3.63) is 78.0 Å². The van der Waals surface area contributed by atoms with Gasteiger partial charge in [0, 0.05) is 23.2 Å². The Morgan fingerprint density at radius 3 is 2.55 bits per heavy atom. The maximum absolute atomic E-state index is 13.2. The Labute approximate surface area is 170 Å². The van der Waals surface area contributed by atoms with Crippen LogP contribution in [-0.2, 0) is 19.6 Å². The molecular formula is C22H23NO5S. The van der Waals surface area contributed by atoms with Gasteiger partial charge in [-0.2, -0.15) is 0 Å². The number of esters is 1. The second-order valence-corrected chi connectivity index (χ2v) is 8.44. The van der Waals surface area contributed by atoms with Gasteiger partial charge in [-0.05, 0) is 38.5 Å². The van der Waals surface area contributed by atoms with Crippen molar-refractivity contribution in [2.24, 2.45) is 0 Å².